The van der Waals surface area contributed by atoms with Gasteiger partial charge in [0.2, 0.25) is 11.8 Å². The van der Waals surface area contributed by atoms with Crippen LogP contribution in [0.1, 0.15) is 6.42 Å². The summed E-state index contributed by atoms with van der Waals surface area (Å²) in [7, 11) is 1.63. The van der Waals surface area contributed by atoms with Gasteiger partial charge in [-0.3, -0.25) is 9.69 Å². The fraction of sp³-hybridized carbons (Fsp3) is 0.333. The lowest BCUT2D eigenvalue weighted by Gasteiger charge is -2.10. The monoisotopic (exact) mass is 304 g/mol. The number of hydrogen-bond donors (Lipinski definition) is 1. The maximum absolute atomic E-state index is 12.0. The van der Waals surface area contributed by atoms with Gasteiger partial charge in [-0.15, -0.1) is 0 Å². The molecule has 1 aliphatic rings. The Hall–Kier alpha value is -1.95. The first kappa shape index (κ1) is 14.0. The minimum Gasteiger partial charge on any atom is -0.497 e. The van der Waals surface area contributed by atoms with Crippen molar-refractivity contribution in [2.75, 3.05) is 24.3 Å². The van der Waals surface area contributed by atoms with E-state index in [-0.39, 0.29) is 11.8 Å². The number of rotatable bonds is 4. The van der Waals surface area contributed by atoms with Crippen molar-refractivity contribution >= 4 is 24.4 Å². The fourth-order valence-corrected chi connectivity index (χ4v) is 2.65. The molecule has 0 bridgehead atoms. The Kier molecular flexibility index (Phi) is 3.88. The van der Waals surface area contributed by atoms with Gasteiger partial charge in [0.15, 0.2) is 0 Å². The molecule has 2 heterocycles. The van der Waals surface area contributed by atoms with Gasteiger partial charge in [0.1, 0.15) is 11.4 Å². The molecule has 6 heteroatoms. The molecule has 3 rings (SSSR count). The number of amides is 1. The van der Waals surface area contributed by atoms with Crippen molar-refractivity contribution in [3.8, 4) is 17.0 Å². The van der Waals surface area contributed by atoms with Gasteiger partial charge in [0.05, 0.1) is 7.11 Å². The molecule has 5 nitrogen and oxygen atoms in total. The molecular weight excluding hydrogens is 288 g/mol. The molecule has 1 saturated heterocycles. The minimum atomic E-state index is 0.0616. The molecule has 110 valence electrons. The predicted octanol–water partition coefficient (Wildman–Crippen LogP) is 2.63. The molecular formula is C15H16N2O3S. The Morgan fingerprint density at radius 3 is 2.81 bits per heavy atom. The van der Waals surface area contributed by atoms with Gasteiger partial charge >= 0.3 is 0 Å². The quantitative estimate of drug-likeness (QED) is 0.882. The molecule has 1 aromatic heterocycles. The van der Waals surface area contributed by atoms with Crippen LogP contribution >= 0.6 is 12.6 Å². The van der Waals surface area contributed by atoms with Gasteiger partial charge in [-0.1, -0.05) is 5.16 Å². The lowest BCUT2D eigenvalue weighted by atomic mass is 10.1. The SMILES string of the molecule is COc1ccc(-c2cc(N3CC(CS)CC3=O)on2)cc1. The number of carbonyl (C=O) groups is 1. The van der Waals surface area contributed by atoms with E-state index in [1.807, 2.05) is 24.3 Å². The zero-order valence-corrected chi connectivity index (χ0v) is 12.5. The van der Waals surface area contributed by atoms with Crippen molar-refractivity contribution in [2.45, 2.75) is 6.42 Å². The number of nitrogens with zero attached hydrogens (tertiary/aromatic N) is 2. The van der Waals surface area contributed by atoms with Gasteiger partial charge in [-0.2, -0.15) is 12.6 Å². The first-order valence-corrected chi connectivity index (χ1v) is 7.37. The molecule has 0 saturated carbocycles. The first-order chi connectivity index (χ1) is 10.2. The Morgan fingerprint density at radius 2 is 2.19 bits per heavy atom. The largest absolute Gasteiger partial charge is 0.497 e. The number of aromatic nitrogens is 1. The van der Waals surface area contributed by atoms with Crippen molar-refractivity contribution < 1.29 is 14.1 Å². The smallest absolute Gasteiger partial charge is 0.234 e. The van der Waals surface area contributed by atoms with Crippen LogP contribution in [0.15, 0.2) is 34.9 Å². The highest BCUT2D eigenvalue weighted by molar-refractivity contribution is 7.80. The molecule has 1 amide bonds. The average molecular weight is 304 g/mol. The zero-order valence-electron chi connectivity index (χ0n) is 11.7. The van der Waals surface area contributed by atoms with Gasteiger partial charge < -0.3 is 9.26 Å². The zero-order chi connectivity index (χ0) is 14.8. The Bertz CT molecular complexity index is 639. The molecule has 21 heavy (non-hydrogen) atoms. The van der Waals surface area contributed by atoms with Crippen molar-refractivity contribution in [3.05, 3.63) is 30.3 Å². The molecule has 1 aromatic carbocycles. The van der Waals surface area contributed by atoms with Gasteiger partial charge in [-0.05, 0) is 35.9 Å². The summed E-state index contributed by atoms with van der Waals surface area (Å²) in [5.74, 6) is 2.31. The number of hydrogen-bond acceptors (Lipinski definition) is 5. The number of benzene rings is 1. The standard InChI is InChI=1S/C15H16N2O3S/c1-19-12-4-2-11(3-5-12)13-7-15(20-16-13)17-8-10(9-21)6-14(17)18/h2-5,7,10,21H,6,8-9H2,1H3. The van der Waals surface area contributed by atoms with Crippen LogP contribution in [0.3, 0.4) is 0 Å². The Morgan fingerprint density at radius 1 is 1.43 bits per heavy atom. The summed E-state index contributed by atoms with van der Waals surface area (Å²) in [6, 6.07) is 9.33. The van der Waals surface area contributed by atoms with Crippen LogP contribution in [-0.4, -0.2) is 30.5 Å². The van der Waals surface area contributed by atoms with E-state index in [2.05, 4.69) is 17.8 Å². The molecule has 1 aliphatic heterocycles. The summed E-state index contributed by atoms with van der Waals surface area (Å²) >= 11 is 4.25. The van der Waals surface area contributed by atoms with Gasteiger partial charge in [0.25, 0.3) is 0 Å². The maximum Gasteiger partial charge on any atom is 0.234 e. The van der Waals surface area contributed by atoms with Gasteiger partial charge in [-0.25, -0.2) is 0 Å². The van der Waals surface area contributed by atoms with E-state index < -0.39 is 0 Å². The highest BCUT2D eigenvalue weighted by atomic mass is 32.1. The summed E-state index contributed by atoms with van der Waals surface area (Å²) < 4.78 is 10.4. The normalized spacial score (nSPS) is 18.3. The average Bonchev–Trinajstić information content (AvgIpc) is 3.13. The molecule has 2 aromatic rings. The molecule has 0 N–H and O–H groups in total. The lowest BCUT2D eigenvalue weighted by Crippen LogP contribution is -2.24. The van der Waals surface area contributed by atoms with E-state index in [0.717, 1.165) is 11.3 Å². The van der Waals surface area contributed by atoms with E-state index in [9.17, 15) is 4.79 Å². The van der Waals surface area contributed by atoms with E-state index in [1.165, 1.54) is 0 Å². The van der Waals surface area contributed by atoms with Crippen LogP contribution in [-0.2, 0) is 4.79 Å². The summed E-state index contributed by atoms with van der Waals surface area (Å²) in [4.78, 5) is 13.6. The number of carbonyl (C=O) groups excluding carboxylic acids is 1. The summed E-state index contributed by atoms with van der Waals surface area (Å²) in [6.45, 7) is 0.638. The third kappa shape index (κ3) is 2.76. The van der Waals surface area contributed by atoms with E-state index in [0.29, 0.717) is 30.3 Å². The predicted molar refractivity (Wildman–Crippen MR) is 82.8 cm³/mol. The van der Waals surface area contributed by atoms with Crippen molar-refractivity contribution in [1.82, 2.24) is 5.16 Å². The third-order valence-corrected chi connectivity index (χ3v) is 4.13. The van der Waals surface area contributed by atoms with Gasteiger partial charge in [0, 0.05) is 24.6 Å². The Balaban J connectivity index is 1.81. The number of thiol groups is 1. The van der Waals surface area contributed by atoms with E-state index >= 15 is 0 Å². The molecule has 0 radical (unpaired) electrons. The second kappa shape index (κ2) is 5.81. The maximum atomic E-state index is 12.0. The van der Waals surface area contributed by atoms with Crippen molar-refractivity contribution in [3.63, 3.8) is 0 Å². The second-order valence-corrected chi connectivity index (χ2v) is 5.40. The second-order valence-electron chi connectivity index (χ2n) is 5.04. The molecule has 1 fully saturated rings. The Labute approximate surface area is 128 Å². The minimum absolute atomic E-state index is 0.0616. The van der Waals surface area contributed by atoms with Crippen molar-refractivity contribution in [2.24, 2.45) is 5.92 Å². The van der Waals surface area contributed by atoms with Crippen LogP contribution in [0.2, 0.25) is 0 Å². The summed E-state index contributed by atoms with van der Waals surface area (Å²) in [5, 5.41) is 4.04. The highest BCUT2D eigenvalue weighted by Gasteiger charge is 2.32. The number of ether oxygens (including phenoxy) is 1. The third-order valence-electron chi connectivity index (χ3n) is 3.61. The number of methoxy groups -OCH3 is 1. The van der Waals surface area contributed by atoms with Crippen LogP contribution in [0.25, 0.3) is 11.3 Å². The van der Waals surface area contributed by atoms with Crippen LogP contribution in [0.4, 0.5) is 5.88 Å². The van der Waals surface area contributed by atoms with E-state index in [4.69, 9.17) is 9.26 Å². The molecule has 1 unspecified atom stereocenters. The first-order valence-electron chi connectivity index (χ1n) is 6.73. The lowest BCUT2D eigenvalue weighted by molar-refractivity contribution is -0.117. The fourth-order valence-electron chi connectivity index (χ4n) is 2.41. The topological polar surface area (TPSA) is 55.6 Å². The summed E-state index contributed by atoms with van der Waals surface area (Å²) in [6.07, 6.45) is 0.516. The van der Waals surface area contributed by atoms with Crippen LogP contribution in [0.5, 0.6) is 5.75 Å². The summed E-state index contributed by atoms with van der Waals surface area (Å²) in [5.41, 5.74) is 1.62. The van der Waals surface area contributed by atoms with Crippen molar-refractivity contribution in [1.29, 1.82) is 0 Å². The van der Waals surface area contributed by atoms with E-state index in [1.54, 1.807) is 18.1 Å². The number of anilines is 1. The van der Waals surface area contributed by atoms with Crippen LogP contribution in [0, 0.1) is 5.92 Å². The van der Waals surface area contributed by atoms with Crippen LogP contribution < -0.4 is 9.64 Å². The molecule has 1 atom stereocenters. The highest BCUT2D eigenvalue weighted by Crippen LogP contribution is 2.30. The molecule has 0 spiro atoms. The molecule has 0 aliphatic carbocycles.